The number of hydrogen-bond acceptors (Lipinski definition) is 3. The van der Waals surface area contributed by atoms with E-state index in [1.165, 1.54) is 6.07 Å². The third kappa shape index (κ3) is 3.72. The van der Waals surface area contributed by atoms with Crippen molar-refractivity contribution >= 4 is 18.1 Å². The van der Waals surface area contributed by atoms with Gasteiger partial charge in [-0.15, -0.1) is 0 Å². The lowest BCUT2D eigenvalue weighted by molar-refractivity contribution is -0.133. The lowest BCUT2D eigenvalue weighted by Crippen LogP contribution is -2.35. The highest BCUT2D eigenvalue weighted by Gasteiger charge is 2.33. The molecule has 1 aromatic carbocycles. The summed E-state index contributed by atoms with van der Waals surface area (Å²) in [6.07, 6.45) is 3.63. The maximum Gasteiger partial charge on any atom is 0.243 e. The molecule has 128 valence electrons. The number of nitrogens with one attached hydrogen (secondary N) is 1. The average Bonchev–Trinajstić information content (AvgIpc) is 3.35. The summed E-state index contributed by atoms with van der Waals surface area (Å²) in [6.45, 7) is 2.50. The first kappa shape index (κ1) is 16.8. The van der Waals surface area contributed by atoms with Crippen LogP contribution in [0, 0.1) is 10.6 Å². The Kier molecular flexibility index (Phi) is 5.08. The molecule has 1 fully saturated rings. The molecule has 5 nitrogen and oxygen atoms in total. The molecule has 1 aliphatic rings. The maximum atomic E-state index is 13.9. The molecule has 2 aromatic rings. The number of nitrogens with zero attached hydrogens (tertiary/aromatic N) is 3. The standard InChI is InChI=1S/C17H21FN4OS/c1-2-5-15-19-20-17(24)22(15)11-16(23)21(13-8-9-13)10-12-6-3-4-7-14(12)18/h3-4,6-7,13H,2,5,8-11H2,1H3,(H,20,24). The fourth-order valence-electron chi connectivity index (χ4n) is 2.77. The molecular weight excluding hydrogens is 327 g/mol. The number of benzene rings is 1. The number of H-pyrrole nitrogens is 1. The quantitative estimate of drug-likeness (QED) is 0.782. The number of hydrogen-bond donors (Lipinski definition) is 1. The van der Waals surface area contributed by atoms with Crippen molar-refractivity contribution in [1.29, 1.82) is 0 Å². The molecule has 1 N–H and O–H groups in total. The van der Waals surface area contributed by atoms with Gasteiger partial charge in [-0.05, 0) is 37.5 Å². The van der Waals surface area contributed by atoms with Gasteiger partial charge < -0.3 is 4.90 Å². The van der Waals surface area contributed by atoms with Gasteiger partial charge in [0, 0.05) is 24.6 Å². The summed E-state index contributed by atoms with van der Waals surface area (Å²) in [7, 11) is 0. The molecule has 0 spiro atoms. The third-order valence-corrected chi connectivity index (χ3v) is 4.52. The molecule has 1 aromatic heterocycles. The zero-order chi connectivity index (χ0) is 17.1. The number of aromatic nitrogens is 3. The summed E-state index contributed by atoms with van der Waals surface area (Å²) in [5, 5.41) is 6.95. The Morgan fingerprint density at radius 1 is 1.46 bits per heavy atom. The van der Waals surface area contributed by atoms with Gasteiger partial charge in [-0.2, -0.15) is 5.10 Å². The fraction of sp³-hybridized carbons (Fsp3) is 0.471. The highest BCUT2D eigenvalue weighted by molar-refractivity contribution is 7.71. The van der Waals surface area contributed by atoms with E-state index in [1.807, 2.05) is 0 Å². The Bertz CT molecular complexity index is 781. The summed E-state index contributed by atoms with van der Waals surface area (Å²) in [6, 6.07) is 6.80. The topological polar surface area (TPSA) is 53.9 Å². The van der Waals surface area contributed by atoms with Crippen molar-refractivity contribution in [3.05, 3.63) is 46.2 Å². The molecule has 0 aliphatic heterocycles. The Balaban J connectivity index is 1.77. The first-order chi connectivity index (χ1) is 11.6. The van der Waals surface area contributed by atoms with Crippen LogP contribution in [0.4, 0.5) is 4.39 Å². The van der Waals surface area contributed by atoms with E-state index >= 15 is 0 Å². The molecule has 1 saturated carbocycles. The Labute approximate surface area is 145 Å². The van der Waals surface area contributed by atoms with E-state index in [4.69, 9.17) is 12.2 Å². The molecule has 1 aliphatic carbocycles. The van der Waals surface area contributed by atoms with E-state index in [2.05, 4.69) is 17.1 Å². The molecular formula is C17H21FN4OS. The number of aryl methyl sites for hydroxylation is 1. The molecule has 1 heterocycles. The maximum absolute atomic E-state index is 13.9. The van der Waals surface area contributed by atoms with Gasteiger partial charge >= 0.3 is 0 Å². The summed E-state index contributed by atoms with van der Waals surface area (Å²) >= 11 is 5.24. The number of amides is 1. The van der Waals surface area contributed by atoms with Gasteiger partial charge in [-0.1, -0.05) is 25.1 Å². The average molecular weight is 348 g/mol. The molecule has 0 atom stereocenters. The monoisotopic (exact) mass is 348 g/mol. The van der Waals surface area contributed by atoms with Gasteiger partial charge in [0.1, 0.15) is 18.2 Å². The van der Waals surface area contributed by atoms with Gasteiger partial charge in [-0.25, -0.2) is 4.39 Å². The van der Waals surface area contributed by atoms with Crippen molar-refractivity contribution in [3.63, 3.8) is 0 Å². The van der Waals surface area contributed by atoms with Crippen molar-refractivity contribution in [1.82, 2.24) is 19.7 Å². The molecule has 1 amide bonds. The Morgan fingerprint density at radius 3 is 2.88 bits per heavy atom. The second-order valence-electron chi connectivity index (χ2n) is 6.13. The van der Waals surface area contributed by atoms with E-state index in [0.29, 0.717) is 16.9 Å². The first-order valence-electron chi connectivity index (χ1n) is 8.27. The summed E-state index contributed by atoms with van der Waals surface area (Å²) in [5.41, 5.74) is 0.544. The lowest BCUT2D eigenvalue weighted by atomic mass is 10.2. The van der Waals surface area contributed by atoms with Crippen LogP contribution in [-0.4, -0.2) is 31.6 Å². The van der Waals surface area contributed by atoms with Crippen molar-refractivity contribution in [2.45, 2.75) is 51.7 Å². The second kappa shape index (κ2) is 7.25. The molecule has 0 bridgehead atoms. The van der Waals surface area contributed by atoms with Crippen molar-refractivity contribution in [3.8, 4) is 0 Å². The smallest absolute Gasteiger partial charge is 0.243 e. The largest absolute Gasteiger partial charge is 0.334 e. The second-order valence-corrected chi connectivity index (χ2v) is 6.51. The molecule has 0 unspecified atom stereocenters. The highest BCUT2D eigenvalue weighted by atomic mass is 32.1. The van der Waals surface area contributed by atoms with Crippen LogP contribution in [0.2, 0.25) is 0 Å². The fourth-order valence-corrected chi connectivity index (χ4v) is 2.99. The summed E-state index contributed by atoms with van der Waals surface area (Å²) < 4.78 is 16.1. The predicted octanol–water partition coefficient (Wildman–Crippen LogP) is 3.22. The number of halogens is 1. The lowest BCUT2D eigenvalue weighted by Gasteiger charge is -2.23. The van der Waals surface area contributed by atoms with Crippen LogP contribution >= 0.6 is 12.2 Å². The molecule has 3 rings (SSSR count). The number of carbonyl (C=O) groups excluding carboxylic acids is 1. The SMILES string of the molecule is CCCc1n[nH]c(=S)n1CC(=O)N(Cc1ccccc1F)C1CC1. The third-order valence-electron chi connectivity index (χ3n) is 4.21. The van der Waals surface area contributed by atoms with E-state index in [-0.39, 0.29) is 24.3 Å². The molecule has 7 heteroatoms. The molecule has 0 radical (unpaired) electrons. The van der Waals surface area contributed by atoms with Crippen LogP contribution in [0.3, 0.4) is 0 Å². The summed E-state index contributed by atoms with van der Waals surface area (Å²) in [5.74, 6) is 0.468. The van der Waals surface area contributed by atoms with Crippen LogP contribution < -0.4 is 0 Å². The van der Waals surface area contributed by atoms with E-state index < -0.39 is 0 Å². The zero-order valence-corrected chi connectivity index (χ0v) is 14.5. The normalized spacial score (nSPS) is 13.9. The van der Waals surface area contributed by atoms with Crippen LogP contribution in [-0.2, 0) is 24.3 Å². The highest BCUT2D eigenvalue weighted by Crippen LogP contribution is 2.29. The summed E-state index contributed by atoms with van der Waals surface area (Å²) in [4.78, 5) is 14.6. The van der Waals surface area contributed by atoms with Gasteiger partial charge in [0.2, 0.25) is 5.91 Å². The predicted molar refractivity (Wildman–Crippen MR) is 91.4 cm³/mol. The van der Waals surface area contributed by atoms with E-state index in [0.717, 1.165) is 31.5 Å². The molecule has 24 heavy (non-hydrogen) atoms. The van der Waals surface area contributed by atoms with Gasteiger partial charge in [0.05, 0.1) is 0 Å². The first-order valence-corrected chi connectivity index (χ1v) is 8.68. The van der Waals surface area contributed by atoms with E-state index in [1.54, 1.807) is 27.7 Å². The van der Waals surface area contributed by atoms with Crippen molar-refractivity contribution in [2.24, 2.45) is 0 Å². The van der Waals surface area contributed by atoms with Crippen molar-refractivity contribution in [2.75, 3.05) is 0 Å². The Hall–Kier alpha value is -2.02. The minimum absolute atomic E-state index is 0.0457. The minimum Gasteiger partial charge on any atom is -0.334 e. The van der Waals surface area contributed by atoms with Gasteiger partial charge in [0.15, 0.2) is 4.77 Å². The van der Waals surface area contributed by atoms with Gasteiger partial charge in [0.25, 0.3) is 0 Å². The molecule has 0 saturated heterocycles. The minimum atomic E-state index is -0.275. The van der Waals surface area contributed by atoms with Crippen molar-refractivity contribution < 1.29 is 9.18 Å². The van der Waals surface area contributed by atoms with Crippen LogP contribution in [0.1, 0.15) is 37.6 Å². The van der Waals surface area contributed by atoms with Crippen LogP contribution in [0.15, 0.2) is 24.3 Å². The van der Waals surface area contributed by atoms with Crippen LogP contribution in [0.5, 0.6) is 0 Å². The van der Waals surface area contributed by atoms with Crippen LogP contribution in [0.25, 0.3) is 0 Å². The Morgan fingerprint density at radius 2 is 2.21 bits per heavy atom. The number of rotatable bonds is 7. The number of aromatic amines is 1. The zero-order valence-electron chi connectivity index (χ0n) is 13.7. The number of carbonyl (C=O) groups is 1. The van der Waals surface area contributed by atoms with Gasteiger partial charge in [-0.3, -0.25) is 14.5 Å². The van der Waals surface area contributed by atoms with E-state index in [9.17, 15) is 9.18 Å².